The molecule has 3 N–H and O–H groups in total. The maximum absolute atomic E-state index is 5.82. The zero-order chi connectivity index (χ0) is 15.5. The van der Waals surface area contributed by atoms with Crippen molar-refractivity contribution in [1.82, 2.24) is 9.97 Å². The van der Waals surface area contributed by atoms with E-state index in [1.54, 1.807) is 0 Å². The Bertz CT molecular complexity index is 661. The lowest BCUT2D eigenvalue weighted by Gasteiger charge is -2.34. The second-order valence-corrected chi connectivity index (χ2v) is 6.38. The third-order valence-electron chi connectivity index (χ3n) is 4.08. The molecular formula is C16H20BrN5. The third kappa shape index (κ3) is 3.16. The fraction of sp³-hybridized carbons (Fsp3) is 0.375. The summed E-state index contributed by atoms with van der Waals surface area (Å²) in [7, 11) is 1.84. The second kappa shape index (κ2) is 6.52. The first-order valence-corrected chi connectivity index (χ1v) is 8.28. The van der Waals surface area contributed by atoms with E-state index in [2.05, 4.69) is 60.4 Å². The molecule has 0 unspecified atom stereocenters. The summed E-state index contributed by atoms with van der Waals surface area (Å²) in [4.78, 5) is 10.9. The molecule has 0 amide bonds. The van der Waals surface area contributed by atoms with Crippen LogP contribution in [0.15, 0.2) is 34.8 Å². The molecule has 1 aliphatic rings. The van der Waals surface area contributed by atoms with E-state index in [9.17, 15) is 0 Å². The first-order chi connectivity index (χ1) is 10.7. The topological polar surface area (TPSA) is 67.1 Å². The van der Waals surface area contributed by atoms with Crippen LogP contribution in [-0.2, 0) is 0 Å². The van der Waals surface area contributed by atoms with Crippen LogP contribution in [0, 0.1) is 0 Å². The molecule has 0 spiro atoms. The average Bonchev–Trinajstić information content (AvgIpc) is 2.55. The van der Waals surface area contributed by atoms with E-state index in [4.69, 9.17) is 5.73 Å². The van der Waals surface area contributed by atoms with Crippen molar-refractivity contribution in [3.63, 3.8) is 0 Å². The Hall–Kier alpha value is -1.82. The smallest absolute Gasteiger partial charge is 0.223 e. The van der Waals surface area contributed by atoms with E-state index in [0.29, 0.717) is 11.9 Å². The number of piperidine rings is 1. The standard InChI is InChI=1S/C16H20BrN5/c1-19-14-9-15(21-16(18)20-14)22-8-4-5-11(10-22)12-6-2-3-7-13(12)17/h2-3,6-7,9,11H,4-5,8,10H2,1H3,(H3,18,19,20,21)/t11-/m0/s1. The number of nitrogens with one attached hydrogen (secondary N) is 1. The zero-order valence-electron chi connectivity index (χ0n) is 12.6. The Kier molecular flexibility index (Phi) is 4.47. The maximum Gasteiger partial charge on any atom is 0.223 e. The lowest BCUT2D eigenvalue weighted by Crippen LogP contribution is -2.35. The summed E-state index contributed by atoms with van der Waals surface area (Å²) in [6.45, 7) is 1.95. The Labute approximate surface area is 139 Å². The molecule has 5 nitrogen and oxygen atoms in total. The molecule has 1 aromatic heterocycles. The van der Waals surface area contributed by atoms with Crippen molar-refractivity contribution < 1.29 is 0 Å². The number of aromatic nitrogens is 2. The van der Waals surface area contributed by atoms with Gasteiger partial charge in [0.15, 0.2) is 0 Å². The number of anilines is 3. The van der Waals surface area contributed by atoms with Crippen LogP contribution in [0.2, 0.25) is 0 Å². The molecule has 2 aromatic rings. The van der Waals surface area contributed by atoms with Crippen molar-refractivity contribution in [3.05, 3.63) is 40.4 Å². The lowest BCUT2D eigenvalue weighted by atomic mass is 9.90. The quantitative estimate of drug-likeness (QED) is 0.878. The summed E-state index contributed by atoms with van der Waals surface area (Å²) < 4.78 is 1.18. The van der Waals surface area contributed by atoms with Crippen molar-refractivity contribution in [2.75, 3.05) is 36.1 Å². The number of benzene rings is 1. The highest BCUT2D eigenvalue weighted by molar-refractivity contribution is 9.10. The van der Waals surface area contributed by atoms with E-state index >= 15 is 0 Å². The molecule has 1 aliphatic heterocycles. The van der Waals surface area contributed by atoms with Gasteiger partial charge in [-0.1, -0.05) is 34.1 Å². The molecule has 3 rings (SSSR count). The van der Waals surface area contributed by atoms with E-state index in [1.807, 2.05) is 13.1 Å². The van der Waals surface area contributed by atoms with E-state index in [1.165, 1.54) is 16.5 Å². The molecule has 1 aromatic carbocycles. The fourth-order valence-corrected chi connectivity index (χ4v) is 3.60. The number of rotatable bonds is 3. The zero-order valence-corrected chi connectivity index (χ0v) is 14.2. The summed E-state index contributed by atoms with van der Waals surface area (Å²) in [5.74, 6) is 2.46. The number of nitrogens with two attached hydrogens (primary N) is 1. The molecule has 0 bridgehead atoms. The van der Waals surface area contributed by atoms with Crippen LogP contribution in [0.1, 0.15) is 24.3 Å². The number of hydrogen-bond donors (Lipinski definition) is 2. The van der Waals surface area contributed by atoms with E-state index < -0.39 is 0 Å². The SMILES string of the molecule is CNc1cc(N2CCC[C@H](c3ccccc3Br)C2)nc(N)n1. The van der Waals surface area contributed by atoms with Crippen LogP contribution in [-0.4, -0.2) is 30.1 Å². The Morgan fingerprint density at radius 3 is 2.91 bits per heavy atom. The van der Waals surface area contributed by atoms with Gasteiger partial charge in [0.25, 0.3) is 0 Å². The normalized spacial score (nSPS) is 18.3. The highest BCUT2D eigenvalue weighted by Gasteiger charge is 2.24. The van der Waals surface area contributed by atoms with E-state index in [-0.39, 0.29) is 0 Å². The van der Waals surface area contributed by atoms with Gasteiger partial charge in [-0.2, -0.15) is 9.97 Å². The van der Waals surface area contributed by atoms with Crippen molar-refractivity contribution in [2.45, 2.75) is 18.8 Å². The van der Waals surface area contributed by atoms with Gasteiger partial charge in [0.1, 0.15) is 11.6 Å². The second-order valence-electron chi connectivity index (χ2n) is 5.53. The largest absolute Gasteiger partial charge is 0.373 e. The summed E-state index contributed by atoms with van der Waals surface area (Å²) in [6, 6.07) is 10.4. The third-order valence-corrected chi connectivity index (χ3v) is 4.80. The van der Waals surface area contributed by atoms with Crippen molar-refractivity contribution in [1.29, 1.82) is 0 Å². The van der Waals surface area contributed by atoms with Crippen molar-refractivity contribution >= 4 is 33.5 Å². The average molecular weight is 362 g/mol. The van der Waals surface area contributed by atoms with Crippen LogP contribution >= 0.6 is 15.9 Å². The Morgan fingerprint density at radius 1 is 1.32 bits per heavy atom. The Balaban J connectivity index is 1.84. The summed E-state index contributed by atoms with van der Waals surface area (Å²) in [5, 5.41) is 3.03. The summed E-state index contributed by atoms with van der Waals surface area (Å²) >= 11 is 3.67. The monoisotopic (exact) mass is 361 g/mol. The van der Waals surface area contributed by atoms with Gasteiger partial charge in [-0.25, -0.2) is 0 Å². The van der Waals surface area contributed by atoms with Crippen molar-refractivity contribution in [2.24, 2.45) is 0 Å². The minimum Gasteiger partial charge on any atom is -0.373 e. The molecule has 116 valence electrons. The molecule has 0 radical (unpaired) electrons. The summed E-state index contributed by atoms with van der Waals surface area (Å²) in [5.41, 5.74) is 7.18. The molecule has 2 heterocycles. The van der Waals surface area contributed by atoms with Gasteiger partial charge in [-0.15, -0.1) is 0 Å². The number of hydrogen-bond acceptors (Lipinski definition) is 5. The minimum atomic E-state index is 0.310. The van der Waals surface area contributed by atoms with Gasteiger partial charge in [0.2, 0.25) is 5.95 Å². The molecule has 1 atom stereocenters. The van der Waals surface area contributed by atoms with Crippen molar-refractivity contribution in [3.8, 4) is 0 Å². The predicted molar refractivity (Wildman–Crippen MR) is 94.3 cm³/mol. The fourth-order valence-electron chi connectivity index (χ4n) is 2.99. The number of nitrogen functional groups attached to an aromatic ring is 1. The molecular weight excluding hydrogens is 342 g/mol. The van der Waals surface area contributed by atoms with Gasteiger partial charge in [-0.05, 0) is 24.5 Å². The van der Waals surface area contributed by atoms with Crippen LogP contribution in [0.3, 0.4) is 0 Å². The molecule has 1 fully saturated rings. The van der Waals surface area contributed by atoms with Crippen LogP contribution in [0.4, 0.5) is 17.6 Å². The highest BCUT2D eigenvalue weighted by Crippen LogP contribution is 2.33. The molecule has 22 heavy (non-hydrogen) atoms. The molecule has 0 aliphatic carbocycles. The van der Waals surface area contributed by atoms with Gasteiger partial charge in [0.05, 0.1) is 0 Å². The van der Waals surface area contributed by atoms with E-state index in [0.717, 1.165) is 31.1 Å². The van der Waals surface area contributed by atoms with Crippen LogP contribution in [0.5, 0.6) is 0 Å². The number of halogens is 1. The molecule has 6 heteroatoms. The lowest BCUT2D eigenvalue weighted by molar-refractivity contribution is 0.506. The van der Waals surface area contributed by atoms with Crippen LogP contribution < -0.4 is 16.0 Å². The molecule has 0 saturated carbocycles. The minimum absolute atomic E-state index is 0.310. The maximum atomic E-state index is 5.82. The first-order valence-electron chi connectivity index (χ1n) is 7.49. The Morgan fingerprint density at radius 2 is 2.14 bits per heavy atom. The first kappa shape index (κ1) is 15.1. The van der Waals surface area contributed by atoms with Gasteiger partial charge >= 0.3 is 0 Å². The van der Waals surface area contributed by atoms with Gasteiger partial charge in [0, 0.05) is 36.6 Å². The van der Waals surface area contributed by atoms with Gasteiger partial charge < -0.3 is 16.0 Å². The van der Waals surface area contributed by atoms with Gasteiger partial charge in [-0.3, -0.25) is 0 Å². The number of nitrogens with zero attached hydrogens (tertiary/aromatic N) is 3. The summed E-state index contributed by atoms with van der Waals surface area (Å²) in [6.07, 6.45) is 2.34. The molecule has 1 saturated heterocycles. The predicted octanol–water partition coefficient (Wildman–Crippen LogP) is 3.25. The highest BCUT2D eigenvalue weighted by atomic mass is 79.9. The van der Waals surface area contributed by atoms with Crippen LogP contribution in [0.25, 0.3) is 0 Å².